The molecule has 1 aromatic carbocycles. The summed E-state index contributed by atoms with van der Waals surface area (Å²) in [4.78, 5) is 39.5. The van der Waals surface area contributed by atoms with Crippen LogP contribution in [0.1, 0.15) is 0 Å². The minimum absolute atomic E-state index is 0.256. The molecule has 0 bridgehead atoms. The fourth-order valence-electron chi connectivity index (χ4n) is 2.30. The molecule has 0 saturated heterocycles. The summed E-state index contributed by atoms with van der Waals surface area (Å²) < 4.78 is 2.86. The molecule has 0 atom stereocenters. The quantitative estimate of drug-likeness (QED) is 0.515. The lowest BCUT2D eigenvalue weighted by Crippen LogP contribution is -2.27. The number of imidazole rings is 1. The summed E-state index contributed by atoms with van der Waals surface area (Å²) in [5.41, 5.74) is -0.187. The summed E-state index contributed by atoms with van der Waals surface area (Å²) in [7, 11) is 1.87. The molecule has 0 radical (unpaired) electrons. The first-order chi connectivity index (χ1) is 12.9. The highest BCUT2D eigenvalue weighted by molar-refractivity contribution is 7.99. The lowest BCUT2D eigenvalue weighted by molar-refractivity contribution is -0.385. The molecule has 2 heterocycles. The molecule has 9 nitrogen and oxygen atoms in total. The molecule has 3 aromatic rings. The van der Waals surface area contributed by atoms with Gasteiger partial charge in [0, 0.05) is 36.5 Å². The molecule has 0 aliphatic heterocycles. The smallest absolute Gasteiger partial charge is 0.285 e. The molecular formula is C17H15N5O4S. The van der Waals surface area contributed by atoms with Gasteiger partial charge in [0.15, 0.2) is 5.16 Å². The number of hydrogen-bond acceptors (Lipinski definition) is 6. The number of nitrogens with one attached hydrogen (secondary N) is 1. The second-order valence-electron chi connectivity index (χ2n) is 5.58. The molecule has 1 N–H and O–H groups in total. The Morgan fingerprint density at radius 2 is 2.07 bits per heavy atom. The van der Waals surface area contributed by atoms with E-state index in [2.05, 4.69) is 10.3 Å². The van der Waals surface area contributed by atoms with Crippen molar-refractivity contribution in [2.75, 3.05) is 5.32 Å². The Bertz CT molecular complexity index is 1060. The van der Waals surface area contributed by atoms with Gasteiger partial charge in [-0.25, -0.2) is 4.98 Å². The maximum Gasteiger partial charge on any atom is 0.285 e. The second-order valence-corrected chi connectivity index (χ2v) is 6.59. The van der Waals surface area contributed by atoms with Crippen LogP contribution in [-0.2, 0) is 18.4 Å². The standard InChI is InChI=1S/C17H15N5O4S/c1-20-9-8-18-17(20)27-14-5-3-2-4-13(14)19-15(23)11-21-10-12(22(25)26)6-7-16(21)24/h2-10H,11H2,1H3,(H,19,23). The van der Waals surface area contributed by atoms with Crippen LogP contribution in [0, 0.1) is 10.1 Å². The first-order valence-corrected chi connectivity index (χ1v) is 8.64. The SMILES string of the molecule is Cn1ccnc1Sc1ccccc1NC(=O)Cn1cc([N+](=O)[O-])ccc1=O. The number of rotatable bonds is 6. The Labute approximate surface area is 157 Å². The van der Waals surface area contributed by atoms with E-state index in [0.29, 0.717) is 5.69 Å². The van der Waals surface area contributed by atoms with Crippen LogP contribution in [0.5, 0.6) is 0 Å². The number of aromatic nitrogens is 3. The van der Waals surface area contributed by atoms with E-state index in [1.54, 1.807) is 18.3 Å². The number of para-hydroxylation sites is 1. The molecule has 27 heavy (non-hydrogen) atoms. The van der Waals surface area contributed by atoms with Crippen molar-refractivity contribution >= 4 is 29.0 Å². The lowest BCUT2D eigenvalue weighted by atomic mass is 10.3. The Morgan fingerprint density at radius 1 is 1.30 bits per heavy atom. The van der Waals surface area contributed by atoms with E-state index in [1.807, 2.05) is 29.9 Å². The Kier molecular flexibility index (Phi) is 5.36. The van der Waals surface area contributed by atoms with Crippen LogP contribution in [0.15, 0.2) is 69.8 Å². The highest BCUT2D eigenvalue weighted by Gasteiger charge is 2.13. The number of anilines is 1. The zero-order valence-corrected chi connectivity index (χ0v) is 15.0. The van der Waals surface area contributed by atoms with Gasteiger partial charge in [-0.1, -0.05) is 12.1 Å². The van der Waals surface area contributed by atoms with E-state index < -0.39 is 16.4 Å². The van der Waals surface area contributed by atoms with Crippen molar-refractivity contribution in [3.63, 3.8) is 0 Å². The Morgan fingerprint density at radius 3 is 2.78 bits per heavy atom. The molecule has 138 valence electrons. The predicted octanol–water partition coefficient (Wildman–Crippen LogP) is 2.28. The molecule has 0 fully saturated rings. The van der Waals surface area contributed by atoms with Gasteiger partial charge in [-0.05, 0) is 23.9 Å². The van der Waals surface area contributed by atoms with Gasteiger partial charge in [-0.3, -0.25) is 24.3 Å². The van der Waals surface area contributed by atoms with E-state index in [1.165, 1.54) is 11.8 Å². The van der Waals surface area contributed by atoms with Crippen molar-refractivity contribution in [3.05, 3.63) is 75.5 Å². The van der Waals surface area contributed by atoms with Crippen LogP contribution in [0.3, 0.4) is 0 Å². The van der Waals surface area contributed by atoms with Crippen LogP contribution in [0.4, 0.5) is 11.4 Å². The summed E-state index contributed by atoms with van der Waals surface area (Å²) in [6.45, 7) is -0.331. The third kappa shape index (κ3) is 4.42. The normalized spacial score (nSPS) is 10.6. The average Bonchev–Trinajstić information content (AvgIpc) is 3.03. The number of nitro groups is 1. The summed E-state index contributed by atoms with van der Waals surface area (Å²) >= 11 is 1.38. The van der Waals surface area contributed by atoms with E-state index in [0.717, 1.165) is 32.9 Å². The van der Waals surface area contributed by atoms with Gasteiger partial charge in [0.25, 0.3) is 11.2 Å². The molecule has 0 saturated carbocycles. The zero-order chi connectivity index (χ0) is 19.4. The van der Waals surface area contributed by atoms with Crippen LogP contribution in [-0.4, -0.2) is 24.9 Å². The molecule has 0 aliphatic rings. The monoisotopic (exact) mass is 385 g/mol. The number of nitrogens with zero attached hydrogens (tertiary/aromatic N) is 4. The van der Waals surface area contributed by atoms with Crippen molar-refractivity contribution in [1.82, 2.24) is 14.1 Å². The van der Waals surface area contributed by atoms with Gasteiger partial charge < -0.3 is 9.88 Å². The van der Waals surface area contributed by atoms with Crippen molar-refractivity contribution in [2.45, 2.75) is 16.6 Å². The number of hydrogen-bond donors (Lipinski definition) is 1. The number of carbonyl (C=O) groups excluding carboxylic acids is 1. The first-order valence-electron chi connectivity index (χ1n) is 7.83. The number of pyridine rings is 1. The van der Waals surface area contributed by atoms with E-state index in [4.69, 9.17) is 0 Å². The molecular weight excluding hydrogens is 370 g/mol. The summed E-state index contributed by atoms with van der Waals surface area (Å²) in [6, 6.07) is 9.36. The molecule has 1 amide bonds. The Hall–Kier alpha value is -3.40. The summed E-state index contributed by atoms with van der Waals surface area (Å²) in [6.07, 6.45) is 4.55. The number of amides is 1. The van der Waals surface area contributed by atoms with Crippen molar-refractivity contribution in [3.8, 4) is 0 Å². The minimum Gasteiger partial charge on any atom is -0.329 e. The highest BCUT2D eigenvalue weighted by Crippen LogP contribution is 2.32. The fraction of sp³-hybridized carbons (Fsp3) is 0.118. The Balaban J connectivity index is 1.77. The van der Waals surface area contributed by atoms with Crippen LogP contribution in [0.2, 0.25) is 0 Å². The summed E-state index contributed by atoms with van der Waals surface area (Å²) in [5, 5.41) is 14.3. The molecule has 2 aromatic heterocycles. The number of carbonyl (C=O) groups is 1. The van der Waals surface area contributed by atoms with Gasteiger partial charge in [-0.15, -0.1) is 0 Å². The first kappa shape index (κ1) is 18.4. The van der Waals surface area contributed by atoms with E-state index in [-0.39, 0.29) is 12.2 Å². The minimum atomic E-state index is -0.618. The number of aryl methyl sites for hydroxylation is 1. The third-order valence-corrected chi connectivity index (χ3v) is 4.78. The largest absolute Gasteiger partial charge is 0.329 e. The van der Waals surface area contributed by atoms with Crippen LogP contribution in [0.25, 0.3) is 0 Å². The van der Waals surface area contributed by atoms with Crippen molar-refractivity contribution in [1.29, 1.82) is 0 Å². The molecule has 3 rings (SSSR count). The summed E-state index contributed by atoms with van der Waals surface area (Å²) in [5.74, 6) is -0.467. The predicted molar refractivity (Wildman–Crippen MR) is 99.8 cm³/mol. The van der Waals surface area contributed by atoms with Crippen molar-refractivity contribution in [2.24, 2.45) is 7.05 Å². The van der Waals surface area contributed by atoms with Crippen LogP contribution < -0.4 is 10.9 Å². The van der Waals surface area contributed by atoms with Crippen LogP contribution >= 0.6 is 11.8 Å². The molecule has 0 spiro atoms. The lowest BCUT2D eigenvalue weighted by Gasteiger charge is -2.11. The highest BCUT2D eigenvalue weighted by atomic mass is 32.2. The zero-order valence-electron chi connectivity index (χ0n) is 14.2. The second kappa shape index (κ2) is 7.87. The van der Waals surface area contributed by atoms with Crippen molar-refractivity contribution < 1.29 is 9.72 Å². The van der Waals surface area contributed by atoms with Gasteiger partial charge in [0.05, 0.1) is 16.8 Å². The topological polar surface area (TPSA) is 112 Å². The van der Waals surface area contributed by atoms with Gasteiger partial charge in [-0.2, -0.15) is 0 Å². The third-order valence-electron chi connectivity index (χ3n) is 3.63. The number of benzene rings is 1. The maximum absolute atomic E-state index is 12.4. The van der Waals surface area contributed by atoms with Gasteiger partial charge >= 0.3 is 0 Å². The van der Waals surface area contributed by atoms with E-state index in [9.17, 15) is 19.7 Å². The fourth-order valence-corrected chi connectivity index (χ4v) is 3.19. The maximum atomic E-state index is 12.4. The molecule has 0 aliphatic carbocycles. The van der Waals surface area contributed by atoms with Gasteiger partial charge in [0.1, 0.15) is 6.54 Å². The van der Waals surface area contributed by atoms with E-state index >= 15 is 0 Å². The molecule has 0 unspecified atom stereocenters. The average molecular weight is 385 g/mol. The van der Waals surface area contributed by atoms with Gasteiger partial charge in [0.2, 0.25) is 5.91 Å². The molecule has 10 heteroatoms.